The number of carbonyl (C=O) groups is 2. The molecule has 3 aliphatic rings. The second-order valence-electron chi connectivity index (χ2n) is 8.92. The van der Waals surface area contributed by atoms with E-state index in [1.165, 1.54) is 4.90 Å². The summed E-state index contributed by atoms with van der Waals surface area (Å²) in [4.78, 5) is 35.6. The third-order valence-corrected chi connectivity index (χ3v) is 6.41. The van der Waals surface area contributed by atoms with Gasteiger partial charge in [-0.3, -0.25) is 19.5 Å². The first-order valence-corrected chi connectivity index (χ1v) is 11.0. The second-order valence-corrected chi connectivity index (χ2v) is 8.92. The normalized spacial score (nSPS) is 27.5. The zero-order chi connectivity index (χ0) is 21.3. The lowest BCUT2D eigenvalue weighted by atomic mass is 9.85. The van der Waals surface area contributed by atoms with Crippen molar-refractivity contribution in [1.82, 2.24) is 25.1 Å². The summed E-state index contributed by atoms with van der Waals surface area (Å²) in [7, 11) is 1.73. The van der Waals surface area contributed by atoms with Crippen molar-refractivity contribution in [3.8, 4) is 0 Å². The summed E-state index contributed by atoms with van der Waals surface area (Å²) in [6.45, 7) is 6.98. The molecule has 162 valence electrons. The summed E-state index contributed by atoms with van der Waals surface area (Å²) in [6, 6.07) is 0. The van der Waals surface area contributed by atoms with Gasteiger partial charge < -0.3 is 15.2 Å². The number of aliphatic imine (C=N–C) groups is 1. The Kier molecular flexibility index (Phi) is 5.92. The number of rotatable bonds is 8. The molecule has 1 saturated heterocycles. The molecule has 4 atom stereocenters. The van der Waals surface area contributed by atoms with Crippen molar-refractivity contribution in [3.63, 3.8) is 0 Å². The number of carbonyl (C=O) groups excluding carboxylic acids is 2. The van der Waals surface area contributed by atoms with E-state index in [9.17, 15) is 9.59 Å². The van der Waals surface area contributed by atoms with E-state index < -0.39 is 0 Å². The summed E-state index contributed by atoms with van der Waals surface area (Å²) in [5.74, 6) is 2.59. The Hall–Kier alpha value is -2.64. The number of allylic oxidation sites excluding steroid dienone is 2. The van der Waals surface area contributed by atoms with Crippen LogP contribution in [0.5, 0.6) is 0 Å². The highest BCUT2D eigenvalue weighted by Crippen LogP contribution is 2.52. The van der Waals surface area contributed by atoms with Crippen molar-refractivity contribution < 1.29 is 9.59 Å². The molecule has 1 aromatic rings. The number of guanidine groups is 1. The highest BCUT2D eigenvalue weighted by Gasteiger charge is 2.58. The molecular weight excluding hydrogens is 380 g/mol. The van der Waals surface area contributed by atoms with Crippen LogP contribution >= 0.6 is 0 Å². The fourth-order valence-electron chi connectivity index (χ4n) is 5.08. The molecule has 2 fully saturated rings. The smallest absolute Gasteiger partial charge is 0.233 e. The quantitative estimate of drug-likeness (QED) is 0.221. The molecule has 30 heavy (non-hydrogen) atoms. The summed E-state index contributed by atoms with van der Waals surface area (Å²) in [5, 5.41) is 6.55. The maximum absolute atomic E-state index is 12.7. The topological polar surface area (TPSA) is 91.6 Å². The molecule has 1 aliphatic heterocycles. The van der Waals surface area contributed by atoms with Crippen LogP contribution in [-0.4, -0.2) is 52.4 Å². The molecule has 0 aromatic carbocycles. The van der Waals surface area contributed by atoms with E-state index >= 15 is 0 Å². The molecule has 4 rings (SSSR count). The van der Waals surface area contributed by atoms with Crippen molar-refractivity contribution >= 4 is 17.8 Å². The Labute approximate surface area is 177 Å². The Morgan fingerprint density at radius 2 is 1.90 bits per heavy atom. The van der Waals surface area contributed by atoms with Crippen LogP contribution in [0.4, 0.5) is 0 Å². The summed E-state index contributed by atoms with van der Waals surface area (Å²) in [5.41, 5.74) is 0. The molecule has 2 N–H and O–H groups in total. The maximum atomic E-state index is 12.7. The second kappa shape index (κ2) is 8.62. The lowest BCUT2D eigenvalue weighted by Crippen LogP contribution is -2.40. The van der Waals surface area contributed by atoms with Gasteiger partial charge in [0.15, 0.2) is 5.96 Å². The number of imidazole rings is 1. The van der Waals surface area contributed by atoms with E-state index in [0.29, 0.717) is 37.9 Å². The zero-order valence-electron chi connectivity index (χ0n) is 18.0. The monoisotopic (exact) mass is 412 g/mol. The van der Waals surface area contributed by atoms with Crippen molar-refractivity contribution in [2.75, 3.05) is 20.1 Å². The van der Waals surface area contributed by atoms with Crippen molar-refractivity contribution in [3.05, 3.63) is 30.4 Å². The number of nitrogens with one attached hydrogen (secondary N) is 2. The van der Waals surface area contributed by atoms with Gasteiger partial charge >= 0.3 is 0 Å². The highest BCUT2D eigenvalue weighted by atomic mass is 16.2. The van der Waals surface area contributed by atoms with E-state index in [0.717, 1.165) is 18.8 Å². The molecule has 8 nitrogen and oxygen atoms in total. The molecule has 0 spiro atoms. The van der Waals surface area contributed by atoms with Gasteiger partial charge in [0, 0.05) is 39.1 Å². The molecule has 2 bridgehead atoms. The van der Waals surface area contributed by atoms with Gasteiger partial charge in [0.1, 0.15) is 5.82 Å². The number of nitrogens with zero attached hydrogens (tertiary/aromatic N) is 4. The average Bonchev–Trinajstić information content (AvgIpc) is 3.48. The van der Waals surface area contributed by atoms with Gasteiger partial charge in [-0.25, -0.2) is 4.98 Å². The van der Waals surface area contributed by atoms with Crippen LogP contribution in [0.25, 0.3) is 0 Å². The van der Waals surface area contributed by atoms with Gasteiger partial charge in [0.2, 0.25) is 11.8 Å². The minimum absolute atomic E-state index is 0.0290. The van der Waals surface area contributed by atoms with Crippen molar-refractivity contribution in [2.45, 2.75) is 39.8 Å². The molecule has 0 radical (unpaired) electrons. The van der Waals surface area contributed by atoms with Crippen LogP contribution in [0.1, 0.15) is 32.5 Å². The van der Waals surface area contributed by atoms with Crippen LogP contribution in [0.3, 0.4) is 0 Å². The van der Waals surface area contributed by atoms with Crippen LogP contribution < -0.4 is 10.6 Å². The molecule has 2 amide bonds. The third-order valence-electron chi connectivity index (χ3n) is 6.41. The summed E-state index contributed by atoms with van der Waals surface area (Å²) < 4.78 is 2.15. The van der Waals surface area contributed by atoms with Crippen LogP contribution in [0.2, 0.25) is 0 Å². The molecule has 8 heteroatoms. The first-order chi connectivity index (χ1) is 14.5. The van der Waals surface area contributed by atoms with E-state index in [1.54, 1.807) is 7.05 Å². The van der Waals surface area contributed by atoms with Gasteiger partial charge in [-0.2, -0.15) is 0 Å². The lowest BCUT2D eigenvalue weighted by molar-refractivity contribution is -0.140. The Balaban J connectivity index is 1.21. The molecule has 4 unspecified atom stereocenters. The fraction of sp³-hybridized carbons (Fsp3) is 0.636. The summed E-state index contributed by atoms with van der Waals surface area (Å²) >= 11 is 0. The first kappa shape index (κ1) is 20.6. The minimum atomic E-state index is -0.107. The zero-order valence-corrected chi connectivity index (χ0v) is 18.0. The molecule has 2 aliphatic carbocycles. The van der Waals surface area contributed by atoms with Gasteiger partial charge in [0.05, 0.1) is 18.4 Å². The molecule has 2 heterocycles. The van der Waals surface area contributed by atoms with E-state index in [1.807, 2.05) is 12.4 Å². The van der Waals surface area contributed by atoms with Crippen LogP contribution in [0.15, 0.2) is 29.5 Å². The SMILES string of the molecule is CN=C(NCCCN1C(=O)C2C3C=CC(C3)C2C1=O)NCc1nccn1CC(C)C. The molecule has 1 aromatic heterocycles. The Morgan fingerprint density at radius 1 is 1.20 bits per heavy atom. The van der Waals surface area contributed by atoms with Gasteiger partial charge in [-0.1, -0.05) is 26.0 Å². The van der Waals surface area contributed by atoms with E-state index in [-0.39, 0.29) is 35.5 Å². The van der Waals surface area contributed by atoms with Crippen LogP contribution in [-0.2, 0) is 22.7 Å². The number of fused-ring (bicyclic) bond motifs is 5. The number of hydrogen-bond donors (Lipinski definition) is 2. The van der Waals surface area contributed by atoms with E-state index in [4.69, 9.17) is 0 Å². The molecular formula is C22H32N6O2. The standard InChI is InChI=1S/C22H32N6O2/c1-14(2)13-27-10-8-24-17(27)12-26-22(23-3)25-7-4-9-28-20(29)18-15-5-6-16(11-15)19(18)21(28)30/h5-6,8,10,14-16,18-19H,4,7,9,11-13H2,1-3H3,(H2,23,25,26). The lowest BCUT2D eigenvalue weighted by Gasteiger charge is -2.18. The number of hydrogen-bond acceptors (Lipinski definition) is 4. The Bertz CT molecular complexity index is 828. The number of amides is 2. The predicted octanol–water partition coefficient (Wildman–Crippen LogP) is 1.40. The highest BCUT2D eigenvalue weighted by molar-refractivity contribution is 6.06. The number of likely N-dealkylation sites (tertiary alicyclic amines) is 1. The van der Waals surface area contributed by atoms with E-state index in [2.05, 4.69) is 51.2 Å². The fourth-order valence-corrected chi connectivity index (χ4v) is 5.08. The van der Waals surface area contributed by atoms with Gasteiger partial charge in [0.25, 0.3) is 0 Å². The van der Waals surface area contributed by atoms with Gasteiger partial charge in [-0.15, -0.1) is 0 Å². The van der Waals surface area contributed by atoms with Gasteiger partial charge in [-0.05, 0) is 30.6 Å². The Morgan fingerprint density at radius 3 is 2.53 bits per heavy atom. The largest absolute Gasteiger partial charge is 0.356 e. The number of imide groups is 1. The number of aromatic nitrogens is 2. The first-order valence-electron chi connectivity index (χ1n) is 11.0. The van der Waals surface area contributed by atoms with Crippen LogP contribution in [0, 0.1) is 29.6 Å². The predicted molar refractivity (Wildman–Crippen MR) is 114 cm³/mol. The third kappa shape index (κ3) is 3.87. The summed E-state index contributed by atoms with van der Waals surface area (Å²) in [6.07, 6.45) is 9.74. The minimum Gasteiger partial charge on any atom is -0.356 e. The van der Waals surface area contributed by atoms with Crippen molar-refractivity contribution in [2.24, 2.45) is 34.6 Å². The average molecular weight is 413 g/mol. The molecule has 1 saturated carbocycles. The van der Waals surface area contributed by atoms with Crippen molar-refractivity contribution in [1.29, 1.82) is 0 Å². The maximum Gasteiger partial charge on any atom is 0.233 e.